The van der Waals surface area contributed by atoms with Gasteiger partial charge in [-0.05, 0) is 74.2 Å². The molecule has 4 heterocycles. The molecule has 3 fully saturated rings. The number of likely N-dealkylation sites (tertiary alicyclic amines) is 1. The smallest absolute Gasteiger partial charge is 0.254 e. The Morgan fingerprint density at radius 1 is 1.26 bits per heavy atom. The van der Waals surface area contributed by atoms with E-state index in [1.807, 2.05) is 19.1 Å². The number of thiophene rings is 1. The topological polar surface area (TPSA) is 58.1 Å². The van der Waals surface area contributed by atoms with Gasteiger partial charge in [0.05, 0.1) is 11.2 Å². The molecule has 2 aromatic heterocycles. The Labute approximate surface area is 190 Å². The molecule has 31 heavy (non-hydrogen) atoms. The first-order chi connectivity index (χ1) is 15.1. The Balaban J connectivity index is 1.23. The molecule has 1 spiro atoms. The zero-order valence-electron chi connectivity index (χ0n) is 17.5. The molecule has 3 unspecified atom stereocenters. The molecule has 1 aliphatic carbocycles. The molecular weight excluding hydrogens is 428 g/mol. The maximum atomic E-state index is 13.2. The first kappa shape index (κ1) is 19.6. The molecule has 1 saturated carbocycles. The van der Waals surface area contributed by atoms with Gasteiger partial charge in [0.2, 0.25) is 0 Å². The van der Waals surface area contributed by atoms with Crippen molar-refractivity contribution in [2.75, 3.05) is 19.6 Å². The standard InChI is InChI=1S/C24H25ClN4OS/c1-14-27-21(17-5-10-31-22(17)28-14)19-12-18(19)16-4-3-15(11-20(16)25)23(30)29-9-7-24(29)6-2-8-26-13-24/h3-5,10-11,18-19,26H,2,6-9,12-13H2,1H3. The van der Waals surface area contributed by atoms with Gasteiger partial charge in [-0.3, -0.25) is 4.79 Å². The van der Waals surface area contributed by atoms with Crippen LogP contribution in [0.4, 0.5) is 0 Å². The molecule has 0 bridgehead atoms. The highest BCUT2D eigenvalue weighted by Gasteiger charge is 2.48. The molecule has 5 nitrogen and oxygen atoms in total. The Bertz CT molecular complexity index is 1190. The van der Waals surface area contributed by atoms with Crippen molar-refractivity contribution in [3.8, 4) is 0 Å². The molecule has 3 atom stereocenters. The zero-order valence-corrected chi connectivity index (χ0v) is 19.1. The molecule has 2 aliphatic heterocycles. The summed E-state index contributed by atoms with van der Waals surface area (Å²) in [5.74, 6) is 1.65. The Morgan fingerprint density at radius 2 is 2.16 bits per heavy atom. The van der Waals surface area contributed by atoms with Gasteiger partial charge in [-0.2, -0.15) is 0 Å². The van der Waals surface area contributed by atoms with Crippen LogP contribution in [0.5, 0.6) is 0 Å². The van der Waals surface area contributed by atoms with Gasteiger partial charge in [0.25, 0.3) is 5.91 Å². The van der Waals surface area contributed by atoms with Crippen molar-refractivity contribution in [3.05, 3.63) is 57.3 Å². The van der Waals surface area contributed by atoms with Gasteiger partial charge >= 0.3 is 0 Å². The van der Waals surface area contributed by atoms with Crippen LogP contribution in [0.15, 0.2) is 29.6 Å². The summed E-state index contributed by atoms with van der Waals surface area (Å²) in [5, 5.41) is 7.40. The highest BCUT2D eigenvalue weighted by Crippen LogP contribution is 2.57. The number of amides is 1. The van der Waals surface area contributed by atoms with Gasteiger partial charge in [0, 0.05) is 35.0 Å². The molecular formula is C24H25ClN4OS. The minimum absolute atomic E-state index is 0.0127. The number of benzene rings is 1. The number of piperidine rings is 1. The lowest BCUT2D eigenvalue weighted by molar-refractivity contribution is -0.0155. The SMILES string of the molecule is Cc1nc(C2CC2c2ccc(C(=O)N3CCC34CCCNC4)cc2Cl)c2ccsc2n1. The Kier molecular flexibility index (Phi) is 4.60. The lowest BCUT2D eigenvalue weighted by atomic mass is 9.78. The molecule has 1 amide bonds. The lowest BCUT2D eigenvalue weighted by Gasteiger charge is -2.55. The van der Waals surface area contributed by atoms with Gasteiger partial charge in [-0.15, -0.1) is 11.3 Å². The largest absolute Gasteiger partial charge is 0.332 e. The Morgan fingerprint density at radius 3 is 2.90 bits per heavy atom. The predicted octanol–water partition coefficient (Wildman–Crippen LogP) is 4.89. The normalized spacial score (nSPS) is 27.5. The molecule has 1 N–H and O–H groups in total. The van der Waals surface area contributed by atoms with Crippen LogP contribution in [0.25, 0.3) is 10.2 Å². The van der Waals surface area contributed by atoms with E-state index in [0.717, 1.165) is 72.6 Å². The second kappa shape index (κ2) is 7.26. The monoisotopic (exact) mass is 452 g/mol. The number of fused-ring (bicyclic) bond motifs is 1. The van der Waals surface area contributed by atoms with Crippen molar-refractivity contribution >= 4 is 39.1 Å². The number of hydrogen-bond acceptors (Lipinski definition) is 5. The van der Waals surface area contributed by atoms with Crippen LogP contribution in [0.3, 0.4) is 0 Å². The summed E-state index contributed by atoms with van der Waals surface area (Å²) in [5.41, 5.74) is 2.98. The number of carbonyl (C=O) groups is 1. The first-order valence-electron chi connectivity index (χ1n) is 11.1. The molecule has 2 saturated heterocycles. The highest BCUT2D eigenvalue weighted by atomic mass is 35.5. The molecule has 3 aromatic rings. The number of nitrogens with zero attached hydrogens (tertiary/aromatic N) is 3. The van der Waals surface area contributed by atoms with E-state index in [1.54, 1.807) is 11.3 Å². The minimum Gasteiger partial charge on any atom is -0.332 e. The third-order valence-corrected chi connectivity index (χ3v) is 8.46. The minimum atomic E-state index is 0.0127. The summed E-state index contributed by atoms with van der Waals surface area (Å²) in [6, 6.07) is 8.02. The van der Waals surface area contributed by atoms with Crippen molar-refractivity contribution in [2.45, 2.75) is 50.0 Å². The van der Waals surface area contributed by atoms with Gasteiger partial charge < -0.3 is 10.2 Å². The van der Waals surface area contributed by atoms with Crippen LogP contribution in [0.2, 0.25) is 5.02 Å². The average molecular weight is 453 g/mol. The van der Waals surface area contributed by atoms with Crippen LogP contribution in [0.1, 0.15) is 65.0 Å². The van der Waals surface area contributed by atoms with E-state index in [2.05, 4.69) is 32.7 Å². The van der Waals surface area contributed by atoms with E-state index in [0.29, 0.717) is 22.4 Å². The molecule has 3 aliphatic rings. The second-order valence-electron chi connectivity index (χ2n) is 9.19. The predicted molar refractivity (Wildman–Crippen MR) is 124 cm³/mol. The van der Waals surface area contributed by atoms with Crippen molar-refractivity contribution < 1.29 is 4.79 Å². The van der Waals surface area contributed by atoms with Crippen molar-refractivity contribution in [1.82, 2.24) is 20.2 Å². The van der Waals surface area contributed by atoms with Crippen molar-refractivity contribution in [3.63, 3.8) is 0 Å². The summed E-state index contributed by atoms with van der Waals surface area (Å²) in [7, 11) is 0. The van der Waals surface area contributed by atoms with E-state index in [-0.39, 0.29) is 11.4 Å². The summed E-state index contributed by atoms with van der Waals surface area (Å²) < 4.78 is 0. The third kappa shape index (κ3) is 3.19. The molecule has 0 radical (unpaired) electrons. The van der Waals surface area contributed by atoms with E-state index < -0.39 is 0 Å². The molecule has 1 aromatic carbocycles. The fraction of sp³-hybridized carbons (Fsp3) is 0.458. The fourth-order valence-corrected chi connectivity index (χ4v) is 6.62. The second-order valence-corrected chi connectivity index (χ2v) is 10.5. The Hall–Kier alpha value is -2.02. The number of halogens is 1. The number of rotatable bonds is 3. The summed E-state index contributed by atoms with van der Waals surface area (Å²) in [6.45, 7) is 4.76. The molecule has 6 rings (SSSR count). The maximum absolute atomic E-state index is 13.2. The maximum Gasteiger partial charge on any atom is 0.254 e. The summed E-state index contributed by atoms with van der Waals surface area (Å²) in [6.07, 6.45) is 4.36. The van der Waals surface area contributed by atoms with Crippen molar-refractivity contribution in [2.24, 2.45) is 0 Å². The van der Waals surface area contributed by atoms with Gasteiger partial charge in [-0.1, -0.05) is 17.7 Å². The van der Waals surface area contributed by atoms with Gasteiger partial charge in [0.15, 0.2) is 0 Å². The van der Waals surface area contributed by atoms with Crippen LogP contribution in [0, 0.1) is 6.92 Å². The van der Waals surface area contributed by atoms with E-state index >= 15 is 0 Å². The zero-order chi connectivity index (χ0) is 21.2. The third-order valence-electron chi connectivity index (χ3n) is 7.32. The number of nitrogens with one attached hydrogen (secondary N) is 1. The van der Waals surface area contributed by atoms with E-state index in [9.17, 15) is 4.79 Å². The number of aromatic nitrogens is 2. The van der Waals surface area contributed by atoms with Gasteiger partial charge in [-0.25, -0.2) is 9.97 Å². The number of aryl methyl sites for hydroxylation is 1. The highest BCUT2D eigenvalue weighted by molar-refractivity contribution is 7.16. The lowest BCUT2D eigenvalue weighted by Crippen LogP contribution is -2.67. The quantitative estimate of drug-likeness (QED) is 0.614. The fourth-order valence-electron chi connectivity index (χ4n) is 5.48. The average Bonchev–Trinajstić information content (AvgIpc) is 3.41. The molecule has 160 valence electrons. The van der Waals surface area contributed by atoms with Crippen LogP contribution < -0.4 is 5.32 Å². The van der Waals surface area contributed by atoms with Crippen molar-refractivity contribution in [1.29, 1.82) is 0 Å². The van der Waals surface area contributed by atoms with Crippen LogP contribution in [-0.4, -0.2) is 45.9 Å². The van der Waals surface area contributed by atoms with E-state index in [1.165, 1.54) is 0 Å². The van der Waals surface area contributed by atoms with Gasteiger partial charge in [0.1, 0.15) is 10.7 Å². The van der Waals surface area contributed by atoms with Crippen LogP contribution >= 0.6 is 22.9 Å². The number of carbonyl (C=O) groups excluding carboxylic acids is 1. The van der Waals surface area contributed by atoms with Crippen LogP contribution in [-0.2, 0) is 0 Å². The first-order valence-corrected chi connectivity index (χ1v) is 12.4. The van der Waals surface area contributed by atoms with E-state index in [4.69, 9.17) is 16.6 Å². The number of hydrogen-bond donors (Lipinski definition) is 1. The molecule has 7 heteroatoms. The summed E-state index contributed by atoms with van der Waals surface area (Å²) in [4.78, 5) is 25.6. The summed E-state index contributed by atoms with van der Waals surface area (Å²) >= 11 is 8.38.